The summed E-state index contributed by atoms with van der Waals surface area (Å²) in [5.41, 5.74) is 1.75. The minimum absolute atomic E-state index is 0.0691. The van der Waals surface area contributed by atoms with Crippen molar-refractivity contribution in [3.8, 4) is 0 Å². The number of carboxylic acid groups (broad SMARTS) is 1. The zero-order valence-electron chi connectivity index (χ0n) is 22.4. The molecule has 0 aromatic heterocycles. The highest BCUT2D eigenvalue weighted by Crippen LogP contribution is 2.21. The molecule has 16 heteroatoms. The number of carbonyl (C=O) groups excluding carboxylic acids is 3. The number of nitrogens with two attached hydrogens (primary N) is 1. The summed E-state index contributed by atoms with van der Waals surface area (Å²) < 4.78 is 10.4. The van der Waals surface area contributed by atoms with Crippen LogP contribution in [0.3, 0.4) is 0 Å². The van der Waals surface area contributed by atoms with Crippen molar-refractivity contribution in [2.45, 2.75) is 56.6 Å². The van der Waals surface area contributed by atoms with Gasteiger partial charge in [-0.05, 0) is 20.3 Å². The third kappa shape index (κ3) is 14.6. The Morgan fingerprint density at radius 2 is 1.49 bits per heavy atom. The average molecular weight is 602 g/mol. The summed E-state index contributed by atoms with van der Waals surface area (Å²) in [5.74, 6) is -2.85. The van der Waals surface area contributed by atoms with Crippen LogP contribution in [0, 0.1) is 0 Å². The number of Topliss-reactive ketones (excluding diaryl/α,β-unsaturated/α-hetero) is 1. The topological polar surface area (TPSA) is 238 Å². The van der Waals surface area contributed by atoms with E-state index in [4.69, 9.17) is 15.2 Å². The first-order chi connectivity index (χ1) is 18.4. The summed E-state index contributed by atoms with van der Waals surface area (Å²) in [6, 6.07) is -0.818. The van der Waals surface area contributed by atoms with Crippen molar-refractivity contribution in [3.05, 3.63) is 0 Å². The molecule has 39 heavy (non-hydrogen) atoms. The smallest absolute Gasteiger partial charge is 0.346 e. The zero-order valence-corrected chi connectivity index (χ0v) is 24.0. The van der Waals surface area contributed by atoms with Gasteiger partial charge >= 0.3 is 5.97 Å². The van der Waals surface area contributed by atoms with Gasteiger partial charge in [0.2, 0.25) is 17.4 Å². The number of thioether (sulfide) groups is 2. The van der Waals surface area contributed by atoms with Crippen molar-refractivity contribution in [1.29, 1.82) is 0 Å². The molecule has 0 aromatic carbocycles. The highest BCUT2D eigenvalue weighted by molar-refractivity contribution is 8.00. The van der Waals surface area contributed by atoms with Crippen molar-refractivity contribution in [2.75, 3.05) is 62.5 Å². The molecule has 0 saturated heterocycles. The van der Waals surface area contributed by atoms with Crippen LogP contribution in [0.5, 0.6) is 0 Å². The largest absolute Gasteiger partial charge is 0.479 e. The molecule has 0 unspecified atom stereocenters. The molecule has 0 rings (SSSR count). The number of rotatable bonds is 24. The fourth-order valence-electron chi connectivity index (χ4n) is 3.14. The van der Waals surface area contributed by atoms with E-state index in [0.29, 0.717) is 37.9 Å². The number of aliphatic carboxylic acids is 1. The maximum absolute atomic E-state index is 12.7. The third-order valence-corrected chi connectivity index (χ3v) is 7.23. The van der Waals surface area contributed by atoms with Crippen LogP contribution in [0.25, 0.3) is 0 Å². The lowest BCUT2D eigenvalue weighted by Gasteiger charge is -2.32. The summed E-state index contributed by atoms with van der Waals surface area (Å²) in [5, 5.41) is 55.0. The molecule has 0 aromatic rings. The van der Waals surface area contributed by atoms with E-state index in [-0.39, 0.29) is 30.4 Å². The Hall–Kier alpha value is -1.50. The molecular weight excluding hydrogens is 558 g/mol. The molecule has 0 bridgehead atoms. The number of carboxylic acids is 1. The van der Waals surface area contributed by atoms with Gasteiger partial charge in [-0.3, -0.25) is 14.4 Å². The van der Waals surface area contributed by atoms with Gasteiger partial charge in [-0.15, -0.1) is 23.5 Å². The quantitative estimate of drug-likeness (QED) is 0.0416. The Balaban J connectivity index is 5.25. The summed E-state index contributed by atoms with van der Waals surface area (Å²) in [6.45, 7) is 5.12. The van der Waals surface area contributed by atoms with Crippen LogP contribution in [0.1, 0.15) is 26.7 Å². The van der Waals surface area contributed by atoms with E-state index < -0.39 is 60.6 Å². The Morgan fingerprint density at radius 1 is 0.949 bits per heavy atom. The Labute approximate surface area is 236 Å². The van der Waals surface area contributed by atoms with E-state index >= 15 is 0 Å². The van der Waals surface area contributed by atoms with Gasteiger partial charge in [0.15, 0.2) is 5.78 Å². The van der Waals surface area contributed by atoms with Gasteiger partial charge in [0, 0.05) is 50.3 Å². The van der Waals surface area contributed by atoms with Crippen LogP contribution in [0.2, 0.25) is 0 Å². The molecule has 5 atom stereocenters. The number of amides is 2. The molecule has 228 valence electrons. The lowest BCUT2D eigenvalue weighted by molar-refractivity contribution is -0.191. The SMILES string of the molecule is CCOCCSCC(=O)NC[C@H](CCC(=O)[C@](O)(C(=O)O)[C@@H](O)[C@H](O)[C@H](O)CN)NC(=O)CSCCOCC. The molecule has 0 aliphatic carbocycles. The summed E-state index contributed by atoms with van der Waals surface area (Å²) in [6.07, 6.45) is -7.45. The van der Waals surface area contributed by atoms with Gasteiger partial charge in [0.05, 0.1) is 30.8 Å². The first-order valence-corrected chi connectivity index (χ1v) is 14.9. The highest BCUT2D eigenvalue weighted by atomic mass is 32.2. The van der Waals surface area contributed by atoms with Crippen LogP contribution in [0.15, 0.2) is 0 Å². The first-order valence-electron chi connectivity index (χ1n) is 12.6. The number of nitrogens with one attached hydrogen (secondary N) is 2. The predicted molar refractivity (Wildman–Crippen MR) is 146 cm³/mol. The second-order valence-corrected chi connectivity index (χ2v) is 10.5. The molecule has 0 heterocycles. The van der Waals surface area contributed by atoms with E-state index in [1.807, 2.05) is 13.8 Å². The van der Waals surface area contributed by atoms with E-state index in [0.717, 1.165) is 0 Å². The van der Waals surface area contributed by atoms with Crippen molar-refractivity contribution in [3.63, 3.8) is 0 Å². The molecule has 0 aliphatic heterocycles. The molecule has 0 saturated carbocycles. The summed E-state index contributed by atoms with van der Waals surface area (Å²) in [7, 11) is 0. The van der Waals surface area contributed by atoms with Crippen molar-refractivity contribution >= 4 is 47.1 Å². The lowest BCUT2D eigenvalue weighted by Crippen LogP contribution is -2.62. The minimum Gasteiger partial charge on any atom is -0.479 e. The fraction of sp³-hybridized carbons (Fsp3) is 0.826. The van der Waals surface area contributed by atoms with Gasteiger partial charge in [0.1, 0.15) is 12.2 Å². The van der Waals surface area contributed by atoms with Crippen LogP contribution in [0.4, 0.5) is 0 Å². The Morgan fingerprint density at radius 3 is 1.97 bits per heavy atom. The van der Waals surface area contributed by atoms with Crippen molar-refractivity contribution < 1.29 is 54.2 Å². The summed E-state index contributed by atoms with van der Waals surface area (Å²) in [4.78, 5) is 49.1. The molecule has 0 fully saturated rings. The van der Waals surface area contributed by atoms with Crippen LogP contribution >= 0.6 is 23.5 Å². The summed E-state index contributed by atoms with van der Waals surface area (Å²) >= 11 is 2.66. The number of carbonyl (C=O) groups is 4. The van der Waals surface area contributed by atoms with Gasteiger partial charge in [-0.2, -0.15) is 0 Å². The number of ether oxygens (including phenoxy) is 2. The Kier molecular flexibility index (Phi) is 20.5. The molecule has 14 nitrogen and oxygen atoms in total. The first kappa shape index (κ1) is 37.5. The molecule has 0 aliphatic rings. The van der Waals surface area contributed by atoms with E-state index in [2.05, 4.69) is 10.6 Å². The average Bonchev–Trinajstić information content (AvgIpc) is 2.91. The van der Waals surface area contributed by atoms with Crippen LogP contribution in [-0.4, -0.2) is 142 Å². The predicted octanol–water partition coefficient (Wildman–Crippen LogP) is -2.67. The zero-order chi connectivity index (χ0) is 29.8. The lowest BCUT2D eigenvalue weighted by atomic mass is 9.84. The van der Waals surface area contributed by atoms with E-state index in [1.165, 1.54) is 23.5 Å². The number of aliphatic hydroxyl groups is 4. The van der Waals surface area contributed by atoms with Gasteiger partial charge in [0.25, 0.3) is 0 Å². The highest BCUT2D eigenvalue weighted by Gasteiger charge is 2.53. The second kappa shape index (κ2) is 21.3. The second-order valence-electron chi connectivity index (χ2n) is 8.34. The molecule has 2 amide bonds. The van der Waals surface area contributed by atoms with Gasteiger partial charge < -0.3 is 51.4 Å². The van der Waals surface area contributed by atoms with Crippen molar-refractivity contribution in [2.24, 2.45) is 5.73 Å². The molecular formula is C23H43N3O11S2. The Bertz CT molecular complexity index is 750. The molecule has 0 radical (unpaired) electrons. The minimum atomic E-state index is -3.44. The number of hydrogen-bond donors (Lipinski definition) is 8. The monoisotopic (exact) mass is 601 g/mol. The van der Waals surface area contributed by atoms with Crippen LogP contribution in [-0.2, 0) is 28.7 Å². The third-order valence-electron chi connectivity index (χ3n) is 5.39. The normalized spacial score (nSPS) is 16.0. The van der Waals surface area contributed by atoms with Gasteiger partial charge in [-0.25, -0.2) is 4.79 Å². The van der Waals surface area contributed by atoms with Crippen LogP contribution < -0.4 is 16.4 Å². The maximum atomic E-state index is 12.7. The fourth-order valence-corrected chi connectivity index (χ4v) is 4.46. The maximum Gasteiger partial charge on any atom is 0.346 e. The number of ketones is 1. The number of aliphatic hydroxyl groups excluding tert-OH is 3. The molecule has 9 N–H and O–H groups in total. The standard InChI is InChI=1S/C23H43N3O11S2/c1-3-36-7-9-38-13-18(29)25-12-15(26-19(30)14-39-10-8-37-4-2)5-6-17(28)23(35,22(33)34)21(32)20(31)16(27)11-24/h15-16,20-21,27,31-32,35H,3-14,24H2,1-2H3,(H,25,29)(H,26,30)(H,33,34)/t15-,16+,20+,21-,23+/m0/s1. The van der Waals surface area contributed by atoms with E-state index in [1.54, 1.807) is 0 Å². The van der Waals surface area contributed by atoms with Gasteiger partial charge in [-0.1, -0.05) is 0 Å². The van der Waals surface area contributed by atoms with E-state index in [9.17, 15) is 44.7 Å². The number of hydrogen-bond acceptors (Lipinski definition) is 13. The molecule has 0 spiro atoms. The van der Waals surface area contributed by atoms with Crippen molar-refractivity contribution in [1.82, 2.24) is 10.6 Å².